The number of carboxylic acid groups (broad SMARTS) is 2. The first-order valence-electron chi connectivity index (χ1n) is 16.0. The van der Waals surface area contributed by atoms with Gasteiger partial charge in [-0.1, -0.05) is 61.5 Å². The smallest absolute Gasteiger partial charge is 0.326 e. The number of carbonyl (C=O) groups is 3. The highest BCUT2D eigenvalue weighted by atomic mass is 35.5. The second-order valence-electron chi connectivity index (χ2n) is 12.6. The minimum Gasteiger partial charge on any atom is -0.480 e. The molecule has 5 rings (SSSR count). The van der Waals surface area contributed by atoms with Crippen molar-refractivity contribution < 1.29 is 33.0 Å². The molecule has 2 aromatic carbocycles. The summed E-state index contributed by atoms with van der Waals surface area (Å²) in [6, 6.07) is 7.64. The number of aliphatic carboxylic acids is 2. The Morgan fingerprint density at radius 3 is 2.45 bits per heavy atom. The predicted octanol–water partition coefficient (Wildman–Crippen LogP) is 4.19. The number of hydrogen-bond acceptors (Lipinski definition) is 9. The van der Waals surface area contributed by atoms with E-state index in [1.807, 2.05) is 0 Å². The third kappa shape index (κ3) is 8.98. The van der Waals surface area contributed by atoms with Crippen LogP contribution in [0.5, 0.6) is 0 Å². The van der Waals surface area contributed by atoms with Crippen molar-refractivity contribution in [3.63, 3.8) is 0 Å². The average molecular weight is 708 g/mol. The van der Waals surface area contributed by atoms with Crippen molar-refractivity contribution in [2.45, 2.75) is 105 Å². The van der Waals surface area contributed by atoms with Crippen LogP contribution in [-0.4, -0.2) is 72.2 Å². The van der Waals surface area contributed by atoms with Crippen LogP contribution in [0.3, 0.4) is 0 Å². The van der Waals surface area contributed by atoms with Crippen LogP contribution in [-0.2, 0) is 37.4 Å². The van der Waals surface area contributed by atoms with Crippen LogP contribution in [0, 0.1) is 5.92 Å². The highest BCUT2D eigenvalue weighted by molar-refractivity contribution is 7.97. The van der Waals surface area contributed by atoms with E-state index in [1.165, 1.54) is 42.5 Å². The van der Waals surface area contributed by atoms with E-state index in [0.29, 0.717) is 37.3 Å². The fourth-order valence-electron chi connectivity index (χ4n) is 6.55. The summed E-state index contributed by atoms with van der Waals surface area (Å²) in [6.07, 6.45) is 7.71. The van der Waals surface area contributed by atoms with Gasteiger partial charge in [0.15, 0.2) is 0 Å². The molecule has 1 aliphatic carbocycles. The summed E-state index contributed by atoms with van der Waals surface area (Å²) in [4.78, 5) is 38.3. The number of rotatable bonds is 14. The van der Waals surface area contributed by atoms with E-state index >= 15 is 0 Å². The van der Waals surface area contributed by atoms with E-state index in [1.54, 1.807) is 43.3 Å². The minimum absolute atomic E-state index is 0.00279. The van der Waals surface area contributed by atoms with Crippen molar-refractivity contribution >= 4 is 57.1 Å². The molecular weight excluding hydrogens is 666 g/mol. The van der Waals surface area contributed by atoms with Gasteiger partial charge in [0.1, 0.15) is 17.0 Å². The second kappa shape index (κ2) is 15.6. The molecule has 0 aromatic heterocycles. The topological polar surface area (TPSA) is 177 Å². The van der Waals surface area contributed by atoms with Crippen molar-refractivity contribution in [1.29, 1.82) is 0 Å². The van der Waals surface area contributed by atoms with Crippen LogP contribution in [0.1, 0.15) is 69.4 Å². The summed E-state index contributed by atoms with van der Waals surface area (Å²) in [5.41, 5.74) is 2.37. The first kappa shape index (κ1) is 35.4. The zero-order chi connectivity index (χ0) is 33.7. The molecule has 2 aromatic rings. The summed E-state index contributed by atoms with van der Waals surface area (Å²) >= 11 is 7.88. The van der Waals surface area contributed by atoms with Crippen molar-refractivity contribution in [3.05, 3.63) is 52.5 Å². The molecule has 3 aliphatic rings. The number of benzene rings is 2. The Kier molecular flexibility index (Phi) is 11.7. The molecule has 12 nitrogen and oxygen atoms in total. The van der Waals surface area contributed by atoms with Gasteiger partial charge >= 0.3 is 11.9 Å². The van der Waals surface area contributed by atoms with Gasteiger partial charge in [-0.15, -0.1) is 0 Å². The zero-order valence-electron chi connectivity index (χ0n) is 26.2. The van der Waals surface area contributed by atoms with E-state index in [-0.39, 0.29) is 29.0 Å². The number of sulfonamides is 1. The maximum absolute atomic E-state index is 13.2. The maximum atomic E-state index is 13.2. The Bertz CT molecular complexity index is 1570. The lowest BCUT2D eigenvalue weighted by molar-refractivity contribution is -0.149. The first-order valence-corrected chi connectivity index (χ1v) is 18.7. The number of amides is 1. The number of hydrogen-bond donors (Lipinski definition) is 6. The number of fused-ring (bicyclic) bond motifs is 1. The molecule has 2 fully saturated rings. The monoisotopic (exact) mass is 707 g/mol. The Hall–Kier alpha value is -2.88. The number of carboxylic acids is 2. The average Bonchev–Trinajstić information content (AvgIpc) is 3.74. The van der Waals surface area contributed by atoms with Crippen molar-refractivity contribution in [2.24, 2.45) is 5.92 Å². The van der Waals surface area contributed by atoms with Gasteiger partial charge in [0.05, 0.1) is 22.9 Å². The van der Waals surface area contributed by atoms with Crippen molar-refractivity contribution in [2.75, 3.05) is 11.9 Å². The maximum Gasteiger partial charge on any atom is 0.326 e. The molecule has 2 heterocycles. The van der Waals surface area contributed by atoms with Gasteiger partial charge in [-0.3, -0.25) is 14.9 Å². The van der Waals surface area contributed by atoms with E-state index in [9.17, 15) is 33.0 Å². The number of anilines is 1. The number of aryl methyl sites for hydroxylation is 1. The van der Waals surface area contributed by atoms with E-state index in [4.69, 9.17) is 11.6 Å². The van der Waals surface area contributed by atoms with Crippen molar-refractivity contribution in [1.82, 2.24) is 19.7 Å². The highest BCUT2D eigenvalue weighted by Gasteiger charge is 2.37. The van der Waals surface area contributed by atoms with Crippen LogP contribution >= 0.6 is 23.5 Å². The van der Waals surface area contributed by atoms with Crippen LogP contribution < -0.4 is 20.1 Å². The molecule has 1 unspecified atom stereocenters. The minimum atomic E-state index is -3.92. The molecule has 15 heteroatoms. The molecule has 4 atom stereocenters. The second-order valence-corrected chi connectivity index (χ2v) is 15.6. The van der Waals surface area contributed by atoms with Crippen LogP contribution in [0.15, 0.2) is 46.2 Å². The first-order chi connectivity index (χ1) is 22.4. The van der Waals surface area contributed by atoms with Gasteiger partial charge in [0.2, 0.25) is 15.9 Å². The van der Waals surface area contributed by atoms with Gasteiger partial charge < -0.3 is 20.4 Å². The molecule has 47 heavy (non-hydrogen) atoms. The lowest BCUT2D eigenvalue weighted by Gasteiger charge is -2.29. The molecule has 0 bridgehead atoms. The molecule has 2 aliphatic heterocycles. The van der Waals surface area contributed by atoms with Crippen LogP contribution in [0.2, 0.25) is 5.02 Å². The van der Waals surface area contributed by atoms with E-state index in [2.05, 4.69) is 20.1 Å². The largest absolute Gasteiger partial charge is 0.480 e. The third-order valence-corrected chi connectivity index (χ3v) is 12.0. The molecule has 256 valence electrons. The van der Waals surface area contributed by atoms with Gasteiger partial charge in [0.25, 0.3) is 0 Å². The van der Waals surface area contributed by atoms with Gasteiger partial charge in [-0.25, -0.2) is 22.7 Å². The summed E-state index contributed by atoms with van der Waals surface area (Å²) in [5.74, 6) is -1.91. The molecule has 1 saturated carbocycles. The number of nitrogens with one attached hydrogen (secondary N) is 4. The Labute approximate surface area is 284 Å². The van der Waals surface area contributed by atoms with Gasteiger partial charge in [-0.2, -0.15) is 0 Å². The number of nitrogens with zero attached hydrogens (tertiary/aromatic N) is 1. The molecule has 0 spiro atoms. The summed E-state index contributed by atoms with van der Waals surface area (Å²) < 4.78 is 32.5. The predicted molar refractivity (Wildman–Crippen MR) is 180 cm³/mol. The standard InChI is InChI=1S/C32H42ClN5O7S2/c1-19(30(39)38-14-4-7-26(38)32(42)43)35-24(31(40)41)13-12-20-8-10-22(11-9-20)18-34-47(44,45)28-17-27-25(16-23(28)33)36-29(37-46-27)15-21-5-2-3-6-21/h8-11,16-17,19,21,24,26,29,34-37H,2-7,12-15,18H2,1H3,(H,40,41)(H,42,43)/t19-,24-,26-,29?/m0/s1. The Morgan fingerprint density at radius 2 is 1.77 bits per heavy atom. The highest BCUT2D eigenvalue weighted by Crippen LogP contribution is 2.38. The van der Waals surface area contributed by atoms with Crippen molar-refractivity contribution in [3.8, 4) is 0 Å². The molecule has 1 amide bonds. The number of likely N-dealkylation sites (tertiary alicyclic amines) is 1. The lowest BCUT2D eigenvalue weighted by Crippen LogP contribution is -2.53. The zero-order valence-corrected chi connectivity index (χ0v) is 28.6. The Morgan fingerprint density at radius 1 is 1.06 bits per heavy atom. The summed E-state index contributed by atoms with van der Waals surface area (Å²) in [6.45, 7) is 1.91. The lowest BCUT2D eigenvalue weighted by atomic mass is 10.0. The molecular formula is C32H42ClN5O7S2. The van der Waals surface area contributed by atoms with Gasteiger partial charge in [0, 0.05) is 18.0 Å². The summed E-state index contributed by atoms with van der Waals surface area (Å²) in [7, 11) is -3.92. The summed E-state index contributed by atoms with van der Waals surface area (Å²) in [5, 5.41) is 25.6. The van der Waals surface area contributed by atoms with Crippen LogP contribution in [0.25, 0.3) is 0 Å². The van der Waals surface area contributed by atoms with Gasteiger partial charge in [-0.05, 0) is 80.2 Å². The van der Waals surface area contributed by atoms with E-state index in [0.717, 1.165) is 22.6 Å². The van der Waals surface area contributed by atoms with Crippen LogP contribution in [0.4, 0.5) is 5.69 Å². The fraction of sp³-hybridized carbons (Fsp3) is 0.531. The molecule has 0 radical (unpaired) electrons. The molecule has 1 saturated heterocycles. The number of carbonyl (C=O) groups excluding carboxylic acids is 1. The fourth-order valence-corrected chi connectivity index (χ4v) is 9.03. The number of halogens is 1. The SMILES string of the molecule is C[C@H](N[C@@H](CCc1ccc(CNS(=O)(=O)c2cc3c(cc2Cl)NC(CC2CCCC2)NS3)cc1)C(=O)O)C(=O)N1CCC[C@H]1C(=O)O. The van der Waals surface area contributed by atoms with E-state index < -0.39 is 46.0 Å². The Balaban J connectivity index is 1.12. The quantitative estimate of drug-likeness (QED) is 0.155. The normalized spacial score (nSPS) is 21.2. The third-order valence-electron chi connectivity index (χ3n) is 9.16. The molecule has 6 N–H and O–H groups in total.